The van der Waals surface area contributed by atoms with Gasteiger partial charge in [-0.1, -0.05) is 12.1 Å². The SMILES string of the molecule is COCCCCCN1CCN(c2c[c]ccc2)CC1. The summed E-state index contributed by atoms with van der Waals surface area (Å²) < 4.78 is 5.07. The van der Waals surface area contributed by atoms with Gasteiger partial charge in [0.1, 0.15) is 0 Å². The van der Waals surface area contributed by atoms with Crippen LogP contribution in [0.15, 0.2) is 24.3 Å². The molecule has 3 nitrogen and oxygen atoms in total. The topological polar surface area (TPSA) is 15.7 Å². The van der Waals surface area contributed by atoms with E-state index in [1.807, 2.05) is 6.07 Å². The molecule has 1 saturated heterocycles. The summed E-state index contributed by atoms with van der Waals surface area (Å²) in [6.07, 6.45) is 3.76. The zero-order chi connectivity index (χ0) is 13.3. The molecule has 0 N–H and O–H groups in total. The molecule has 3 heteroatoms. The van der Waals surface area contributed by atoms with Crippen LogP contribution in [0.5, 0.6) is 0 Å². The molecule has 1 aliphatic rings. The second-order valence-electron chi connectivity index (χ2n) is 5.14. The van der Waals surface area contributed by atoms with Gasteiger partial charge in [0, 0.05) is 45.6 Å². The van der Waals surface area contributed by atoms with Crippen LogP contribution in [0.1, 0.15) is 19.3 Å². The number of unbranched alkanes of at least 4 members (excludes halogenated alkanes) is 2. The molecule has 0 bridgehead atoms. The van der Waals surface area contributed by atoms with Gasteiger partial charge in [-0.15, -0.1) is 0 Å². The van der Waals surface area contributed by atoms with E-state index in [4.69, 9.17) is 4.74 Å². The Bertz CT molecular complexity index is 334. The lowest BCUT2D eigenvalue weighted by molar-refractivity contribution is 0.188. The van der Waals surface area contributed by atoms with Crippen molar-refractivity contribution in [2.24, 2.45) is 0 Å². The normalized spacial score (nSPS) is 16.8. The summed E-state index contributed by atoms with van der Waals surface area (Å²) >= 11 is 0. The first-order chi connectivity index (χ1) is 9.40. The summed E-state index contributed by atoms with van der Waals surface area (Å²) in [4.78, 5) is 5.04. The molecular formula is C16H25N2O. The molecule has 1 heterocycles. The molecule has 2 rings (SSSR count). The summed E-state index contributed by atoms with van der Waals surface area (Å²) in [6.45, 7) is 6.76. The van der Waals surface area contributed by atoms with E-state index in [-0.39, 0.29) is 0 Å². The number of methoxy groups -OCH3 is 1. The highest BCUT2D eigenvalue weighted by molar-refractivity contribution is 5.45. The van der Waals surface area contributed by atoms with Crippen LogP contribution in [-0.4, -0.2) is 51.3 Å². The highest BCUT2D eigenvalue weighted by atomic mass is 16.5. The van der Waals surface area contributed by atoms with Crippen molar-refractivity contribution in [1.82, 2.24) is 4.90 Å². The van der Waals surface area contributed by atoms with Crippen molar-refractivity contribution in [3.8, 4) is 0 Å². The van der Waals surface area contributed by atoms with Crippen molar-refractivity contribution in [3.63, 3.8) is 0 Å². The van der Waals surface area contributed by atoms with Crippen LogP contribution in [0.4, 0.5) is 5.69 Å². The van der Waals surface area contributed by atoms with E-state index >= 15 is 0 Å². The van der Waals surface area contributed by atoms with E-state index in [2.05, 4.69) is 34.1 Å². The molecule has 1 aromatic carbocycles. The Balaban J connectivity index is 1.63. The van der Waals surface area contributed by atoms with Gasteiger partial charge in [-0.25, -0.2) is 0 Å². The number of nitrogens with zero attached hydrogens (tertiary/aromatic N) is 2. The monoisotopic (exact) mass is 261 g/mol. The third kappa shape index (κ3) is 4.84. The third-order valence-electron chi connectivity index (χ3n) is 3.75. The van der Waals surface area contributed by atoms with Gasteiger partial charge < -0.3 is 9.64 Å². The smallest absolute Gasteiger partial charge is 0.0462 e. The van der Waals surface area contributed by atoms with Crippen molar-refractivity contribution in [2.75, 3.05) is 51.3 Å². The van der Waals surface area contributed by atoms with Crippen molar-refractivity contribution < 1.29 is 4.74 Å². The molecule has 1 aromatic rings. The van der Waals surface area contributed by atoms with Gasteiger partial charge in [-0.05, 0) is 44.0 Å². The summed E-state index contributed by atoms with van der Waals surface area (Å²) in [7, 11) is 1.78. The van der Waals surface area contributed by atoms with Crippen LogP contribution in [0.3, 0.4) is 0 Å². The minimum atomic E-state index is 0.901. The maximum Gasteiger partial charge on any atom is 0.0462 e. The molecule has 1 aliphatic heterocycles. The standard InChI is InChI=1S/C16H25N2O/c1-19-15-7-3-6-10-17-11-13-18(14-12-17)16-8-4-2-5-9-16/h2,4,8-9H,3,6-7,10-15H2,1H3. The first-order valence-corrected chi connectivity index (χ1v) is 7.32. The largest absolute Gasteiger partial charge is 0.385 e. The Morgan fingerprint density at radius 3 is 2.68 bits per heavy atom. The van der Waals surface area contributed by atoms with Gasteiger partial charge >= 0.3 is 0 Å². The Kier molecular flexibility index (Phi) is 6.18. The fourth-order valence-corrected chi connectivity index (χ4v) is 2.57. The number of rotatable bonds is 7. The molecule has 19 heavy (non-hydrogen) atoms. The van der Waals surface area contributed by atoms with Crippen molar-refractivity contribution >= 4 is 5.69 Å². The first-order valence-electron chi connectivity index (χ1n) is 7.32. The Morgan fingerprint density at radius 2 is 2.00 bits per heavy atom. The molecule has 1 fully saturated rings. The lowest BCUT2D eigenvalue weighted by Crippen LogP contribution is -2.46. The average molecular weight is 261 g/mol. The Morgan fingerprint density at radius 1 is 1.16 bits per heavy atom. The number of hydrogen-bond donors (Lipinski definition) is 0. The zero-order valence-corrected chi connectivity index (χ0v) is 12.0. The minimum Gasteiger partial charge on any atom is -0.385 e. The molecule has 0 spiro atoms. The Hall–Kier alpha value is -1.06. The molecular weight excluding hydrogens is 236 g/mol. The fraction of sp³-hybridized carbons (Fsp3) is 0.625. The van der Waals surface area contributed by atoms with Gasteiger partial charge in [0.05, 0.1) is 0 Å². The molecule has 0 atom stereocenters. The molecule has 105 valence electrons. The van der Waals surface area contributed by atoms with E-state index in [1.165, 1.54) is 44.6 Å². The fourth-order valence-electron chi connectivity index (χ4n) is 2.57. The number of hydrogen-bond acceptors (Lipinski definition) is 3. The second kappa shape index (κ2) is 8.18. The molecule has 0 amide bonds. The summed E-state index contributed by atoms with van der Waals surface area (Å²) in [5, 5.41) is 0. The van der Waals surface area contributed by atoms with Crippen LogP contribution in [-0.2, 0) is 4.74 Å². The van der Waals surface area contributed by atoms with Crippen LogP contribution in [0.25, 0.3) is 0 Å². The summed E-state index contributed by atoms with van der Waals surface area (Å²) in [5.41, 5.74) is 1.31. The Labute approximate surface area is 117 Å². The van der Waals surface area contributed by atoms with Crippen molar-refractivity contribution in [3.05, 3.63) is 30.3 Å². The van der Waals surface area contributed by atoms with E-state index in [1.54, 1.807) is 7.11 Å². The molecule has 1 radical (unpaired) electrons. The average Bonchev–Trinajstić information content (AvgIpc) is 2.49. The van der Waals surface area contributed by atoms with Gasteiger partial charge in [0.15, 0.2) is 0 Å². The molecule has 0 aliphatic carbocycles. The zero-order valence-electron chi connectivity index (χ0n) is 12.0. The number of anilines is 1. The van der Waals surface area contributed by atoms with Gasteiger partial charge in [0.2, 0.25) is 0 Å². The minimum absolute atomic E-state index is 0.901. The summed E-state index contributed by atoms with van der Waals surface area (Å²) in [6, 6.07) is 11.4. The lowest BCUT2D eigenvalue weighted by Gasteiger charge is -2.36. The molecule has 0 aromatic heterocycles. The maximum atomic E-state index is 5.07. The van der Waals surface area contributed by atoms with Crippen LogP contribution in [0, 0.1) is 6.07 Å². The van der Waals surface area contributed by atoms with Gasteiger partial charge in [-0.2, -0.15) is 0 Å². The third-order valence-corrected chi connectivity index (χ3v) is 3.75. The number of piperazine rings is 1. The molecule has 0 saturated carbocycles. The number of ether oxygens (including phenoxy) is 1. The quantitative estimate of drug-likeness (QED) is 0.701. The van der Waals surface area contributed by atoms with Crippen molar-refractivity contribution in [2.45, 2.75) is 19.3 Å². The highest BCUT2D eigenvalue weighted by Crippen LogP contribution is 2.15. The summed E-state index contributed by atoms with van der Waals surface area (Å²) in [5.74, 6) is 0. The van der Waals surface area contributed by atoms with E-state index in [0.717, 1.165) is 19.7 Å². The van der Waals surface area contributed by atoms with Gasteiger partial charge in [0.25, 0.3) is 0 Å². The maximum absolute atomic E-state index is 5.07. The van der Waals surface area contributed by atoms with Crippen molar-refractivity contribution in [1.29, 1.82) is 0 Å². The predicted octanol–water partition coefficient (Wildman–Crippen LogP) is 2.43. The predicted molar refractivity (Wildman–Crippen MR) is 79.7 cm³/mol. The highest BCUT2D eigenvalue weighted by Gasteiger charge is 2.16. The van der Waals surface area contributed by atoms with Gasteiger partial charge in [-0.3, -0.25) is 4.90 Å². The van der Waals surface area contributed by atoms with Crippen LogP contribution >= 0.6 is 0 Å². The van der Waals surface area contributed by atoms with E-state index in [0.29, 0.717) is 0 Å². The first kappa shape index (κ1) is 14.4. The van der Waals surface area contributed by atoms with E-state index in [9.17, 15) is 0 Å². The molecule has 0 unspecified atom stereocenters. The number of benzene rings is 1. The van der Waals surface area contributed by atoms with Crippen LogP contribution < -0.4 is 4.90 Å². The second-order valence-corrected chi connectivity index (χ2v) is 5.14. The lowest BCUT2D eigenvalue weighted by atomic mass is 10.2. The van der Waals surface area contributed by atoms with E-state index < -0.39 is 0 Å². The van der Waals surface area contributed by atoms with Crippen LogP contribution in [0.2, 0.25) is 0 Å².